The Hall–Kier alpha value is -0.120. The summed E-state index contributed by atoms with van der Waals surface area (Å²) in [6.45, 7) is 1.72. The lowest BCUT2D eigenvalue weighted by Crippen LogP contribution is -2.05. The molecule has 4 heteroatoms. The van der Waals surface area contributed by atoms with Crippen LogP contribution in [0.25, 0.3) is 0 Å². The highest BCUT2D eigenvalue weighted by molar-refractivity contribution is 9.10. The van der Waals surface area contributed by atoms with Crippen molar-refractivity contribution in [3.05, 3.63) is 27.5 Å². The molecule has 1 N–H and O–H groups in total. The highest BCUT2D eigenvalue weighted by Crippen LogP contribution is 2.19. The fraction of sp³-hybridized carbons (Fsp3) is 0.375. The molecule has 0 aliphatic heterocycles. The molecule has 1 heterocycles. The SMILES string of the molecule is CC(O)Cc1cc(Br)cnc1Cl. The zero-order valence-corrected chi connectivity index (χ0v) is 8.93. The summed E-state index contributed by atoms with van der Waals surface area (Å²) >= 11 is 9.08. The van der Waals surface area contributed by atoms with Gasteiger partial charge >= 0.3 is 0 Å². The molecule has 66 valence electrons. The molecule has 0 saturated heterocycles. The lowest BCUT2D eigenvalue weighted by atomic mass is 10.1. The van der Waals surface area contributed by atoms with Crippen LogP contribution in [0.3, 0.4) is 0 Å². The fourth-order valence-electron chi connectivity index (χ4n) is 0.926. The first-order valence-electron chi connectivity index (χ1n) is 3.57. The minimum Gasteiger partial charge on any atom is -0.393 e. The van der Waals surface area contributed by atoms with Crippen LogP contribution in [0.5, 0.6) is 0 Å². The van der Waals surface area contributed by atoms with Gasteiger partial charge in [-0.2, -0.15) is 0 Å². The second-order valence-corrected chi connectivity index (χ2v) is 3.93. The Labute approximate surface area is 84.7 Å². The maximum absolute atomic E-state index is 9.12. The average molecular weight is 251 g/mol. The van der Waals surface area contributed by atoms with Crippen molar-refractivity contribution in [3.63, 3.8) is 0 Å². The first kappa shape index (κ1) is 9.96. The average Bonchev–Trinajstić information content (AvgIpc) is 1.96. The van der Waals surface area contributed by atoms with Crippen LogP contribution in [-0.2, 0) is 6.42 Å². The normalized spacial score (nSPS) is 13.0. The van der Waals surface area contributed by atoms with Gasteiger partial charge in [0.15, 0.2) is 0 Å². The van der Waals surface area contributed by atoms with E-state index < -0.39 is 6.10 Å². The molecule has 0 amide bonds. The van der Waals surface area contributed by atoms with Crippen molar-refractivity contribution in [1.29, 1.82) is 0 Å². The third-order valence-corrected chi connectivity index (χ3v) is 2.17. The molecule has 2 nitrogen and oxygen atoms in total. The molecule has 1 aromatic heterocycles. The Morgan fingerprint density at radius 3 is 3.00 bits per heavy atom. The standard InChI is InChI=1S/C8H9BrClNO/c1-5(12)2-6-3-7(9)4-11-8(6)10/h3-5,12H,2H2,1H3. The van der Waals surface area contributed by atoms with E-state index in [4.69, 9.17) is 16.7 Å². The van der Waals surface area contributed by atoms with Gasteiger partial charge in [-0.3, -0.25) is 0 Å². The summed E-state index contributed by atoms with van der Waals surface area (Å²) in [5, 5.41) is 9.58. The quantitative estimate of drug-likeness (QED) is 0.818. The van der Waals surface area contributed by atoms with Gasteiger partial charge in [-0.1, -0.05) is 11.6 Å². The maximum Gasteiger partial charge on any atom is 0.132 e. The van der Waals surface area contributed by atoms with Gasteiger partial charge in [-0.15, -0.1) is 0 Å². The second kappa shape index (κ2) is 4.21. The molecule has 0 saturated carbocycles. The number of nitrogens with zero attached hydrogens (tertiary/aromatic N) is 1. The zero-order valence-electron chi connectivity index (χ0n) is 6.59. The van der Waals surface area contributed by atoms with Gasteiger partial charge in [-0.05, 0) is 34.5 Å². The molecule has 0 aliphatic rings. The number of hydrogen-bond donors (Lipinski definition) is 1. The summed E-state index contributed by atoms with van der Waals surface area (Å²) in [5.74, 6) is 0. The largest absolute Gasteiger partial charge is 0.393 e. The number of pyridine rings is 1. The van der Waals surface area contributed by atoms with E-state index in [1.807, 2.05) is 6.07 Å². The van der Waals surface area contributed by atoms with Crippen LogP contribution in [0.1, 0.15) is 12.5 Å². The van der Waals surface area contributed by atoms with Crippen molar-refractivity contribution in [2.24, 2.45) is 0 Å². The fourth-order valence-corrected chi connectivity index (χ4v) is 1.49. The predicted molar refractivity (Wildman–Crippen MR) is 52.3 cm³/mol. The summed E-state index contributed by atoms with van der Waals surface area (Å²) in [6, 6.07) is 1.86. The van der Waals surface area contributed by atoms with Gasteiger partial charge in [0.1, 0.15) is 5.15 Å². The number of aliphatic hydroxyl groups excluding tert-OH is 1. The molecular formula is C8H9BrClNO. The van der Waals surface area contributed by atoms with Crippen LogP contribution in [0.4, 0.5) is 0 Å². The number of halogens is 2. The summed E-state index contributed by atoms with van der Waals surface area (Å²) in [5.41, 5.74) is 0.862. The van der Waals surface area contributed by atoms with Gasteiger partial charge in [-0.25, -0.2) is 4.98 Å². The molecule has 12 heavy (non-hydrogen) atoms. The van der Waals surface area contributed by atoms with E-state index in [1.54, 1.807) is 13.1 Å². The van der Waals surface area contributed by atoms with Gasteiger partial charge in [0.2, 0.25) is 0 Å². The third-order valence-electron chi connectivity index (χ3n) is 1.39. The van der Waals surface area contributed by atoms with E-state index in [-0.39, 0.29) is 0 Å². The van der Waals surface area contributed by atoms with Gasteiger partial charge < -0.3 is 5.11 Å². The van der Waals surface area contributed by atoms with Crippen LogP contribution in [-0.4, -0.2) is 16.2 Å². The molecule has 0 aromatic carbocycles. The lowest BCUT2D eigenvalue weighted by molar-refractivity contribution is 0.195. The molecule has 0 bridgehead atoms. The summed E-state index contributed by atoms with van der Waals surface area (Å²) in [7, 11) is 0. The van der Waals surface area contributed by atoms with E-state index in [2.05, 4.69) is 20.9 Å². The summed E-state index contributed by atoms with van der Waals surface area (Å²) in [6.07, 6.45) is 1.78. The first-order valence-corrected chi connectivity index (χ1v) is 4.74. The van der Waals surface area contributed by atoms with E-state index in [0.29, 0.717) is 11.6 Å². The molecule has 1 rings (SSSR count). The molecule has 0 radical (unpaired) electrons. The number of hydrogen-bond acceptors (Lipinski definition) is 2. The highest BCUT2D eigenvalue weighted by atomic mass is 79.9. The smallest absolute Gasteiger partial charge is 0.132 e. The Morgan fingerprint density at radius 1 is 1.75 bits per heavy atom. The minimum absolute atomic E-state index is 0.390. The Balaban J connectivity index is 2.90. The molecule has 1 aromatic rings. The van der Waals surface area contributed by atoms with Gasteiger partial charge in [0.05, 0.1) is 6.10 Å². The van der Waals surface area contributed by atoms with Crippen molar-refractivity contribution in [2.45, 2.75) is 19.4 Å². The summed E-state index contributed by atoms with van der Waals surface area (Å²) < 4.78 is 0.877. The van der Waals surface area contributed by atoms with Gasteiger partial charge in [0.25, 0.3) is 0 Å². The van der Waals surface area contributed by atoms with Crippen LogP contribution in [0, 0.1) is 0 Å². The van der Waals surface area contributed by atoms with Crippen LogP contribution in [0.15, 0.2) is 16.7 Å². The predicted octanol–water partition coefficient (Wildman–Crippen LogP) is 2.42. The van der Waals surface area contributed by atoms with Crippen molar-refractivity contribution < 1.29 is 5.11 Å². The van der Waals surface area contributed by atoms with E-state index in [9.17, 15) is 0 Å². The van der Waals surface area contributed by atoms with E-state index in [1.165, 1.54) is 0 Å². The number of aliphatic hydroxyl groups is 1. The van der Waals surface area contributed by atoms with E-state index in [0.717, 1.165) is 10.0 Å². The third kappa shape index (κ3) is 2.73. The number of rotatable bonds is 2. The van der Waals surface area contributed by atoms with Crippen molar-refractivity contribution in [2.75, 3.05) is 0 Å². The van der Waals surface area contributed by atoms with Crippen LogP contribution in [0.2, 0.25) is 5.15 Å². The Bertz CT molecular complexity index is 278. The maximum atomic E-state index is 9.12. The highest BCUT2D eigenvalue weighted by Gasteiger charge is 2.05. The van der Waals surface area contributed by atoms with Crippen LogP contribution < -0.4 is 0 Å². The van der Waals surface area contributed by atoms with Crippen molar-refractivity contribution in [3.8, 4) is 0 Å². The van der Waals surface area contributed by atoms with Gasteiger partial charge in [0, 0.05) is 17.1 Å². The Kier molecular flexibility index (Phi) is 3.50. The number of aromatic nitrogens is 1. The first-order chi connectivity index (χ1) is 5.59. The lowest BCUT2D eigenvalue weighted by Gasteiger charge is -2.05. The second-order valence-electron chi connectivity index (χ2n) is 2.66. The molecular weight excluding hydrogens is 241 g/mol. The van der Waals surface area contributed by atoms with Crippen LogP contribution >= 0.6 is 27.5 Å². The van der Waals surface area contributed by atoms with Crippen molar-refractivity contribution in [1.82, 2.24) is 4.98 Å². The van der Waals surface area contributed by atoms with E-state index >= 15 is 0 Å². The van der Waals surface area contributed by atoms with Crippen molar-refractivity contribution >= 4 is 27.5 Å². The zero-order chi connectivity index (χ0) is 9.14. The monoisotopic (exact) mass is 249 g/mol. The molecule has 1 unspecified atom stereocenters. The topological polar surface area (TPSA) is 33.1 Å². The Morgan fingerprint density at radius 2 is 2.42 bits per heavy atom. The minimum atomic E-state index is -0.390. The molecule has 0 fully saturated rings. The molecule has 0 spiro atoms. The summed E-state index contributed by atoms with van der Waals surface area (Å²) in [4.78, 5) is 3.94. The molecule has 0 aliphatic carbocycles. The molecule has 1 atom stereocenters.